The fourth-order valence-corrected chi connectivity index (χ4v) is 11.0. The largest absolute Gasteiger partial charge is 0.310 e. The normalized spacial score (nSPS) is 13.9. The van der Waals surface area contributed by atoms with Crippen LogP contribution >= 0.6 is 0 Å². The molecule has 0 atom stereocenters. The van der Waals surface area contributed by atoms with Crippen LogP contribution in [0, 0.1) is 0 Å². The Morgan fingerprint density at radius 3 is 1.61 bits per heavy atom. The van der Waals surface area contributed by atoms with Gasteiger partial charge in [-0.2, -0.15) is 0 Å². The number of para-hydroxylation sites is 2. The Labute approximate surface area is 358 Å². The summed E-state index contributed by atoms with van der Waals surface area (Å²) in [5.41, 5.74) is 17.2. The molecule has 2 nitrogen and oxygen atoms in total. The zero-order valence-electron chi connectivity index (χ0n) is 35.7. The number of aromatic nitrogens is 1. The summed E-state index contributed by atoms with van der Waals surface area (Å²) in [7, 11) is 0. The number of anilines is 3. The molecule has 0 amide bonds. The Morgan fingerprint density at radius 1 is 0.393 bits per heavy atom. The van der Waals surface area contributed by atoms with Gasteiger partial charge in [-0.1, -0.05) is 175 Å². The molecule has 1 aromatic heterocycles. The number of hydrogen-bond donors (Lipinski definition) is 0. The van der Waals surface area contributed by atoms with Gasteiger partial charge in [0.2, 0.25) is 0 Å². The van der Waals surface area contributed by atoms with Crippen LogP contribution in [0.4, 0.5) is 17.1 Å². The number of hydrogen-bond acceptors (Lipinski definition) is 1. The molecular formula is C59H48N2. The summed E-state index contributed by atoms with van der Waals surface area (Å²) >= 11 is 0. The smallest absolute Gasteiger partial charge is 0.0727 e. The Morgan fingerprint density at radius 2 is 0.967 bits per heavy atom. The Bertz CT molecular complexity index is 3320. The van der Waals surface area contributed by atoms with Crippen molar-refractivity contribution in [1.29, 1.82) is 0 Å². The predicted molar refractivity (Wildman–Crippen MR) is 259 cm³/mol. The van der Waals surface area contributed by atoms with E-state index in [9.17, 15) is 0 Å². The molecule has 0 unspecified atom stereocenters. The Balaban J connectivity index is 1.32. The first-order chi connectivity index (χ1) is 29.5. The molecule has 0 N–H and O–H groups in total. The average molecular weight is 785 g/mol. The maximum absolute atomic E-state index is 2.57. The summed E-state index contributed by atoms with van der Waals surface area (Å²) in [5, 5.41) is 7.77. The van der Waals surface area contributed by atoms with E-state index < -0.39 is 5.41 Å². The summed E-state index contributed by atoms with van der Waals surface area (Å²) in [6.45, 7) is 14.0. The van der Waals surface area contributed by atoms with E-state index in [4.69, 9.17) is 0 Å². The monoisotopic (exact) mass is 784 g/mol. The summed E-state index contributed by atoms with van der Waals surface area (Å²) < 4.78 is 2.57. The summed E-state index contributed by atoms with van der Waals surface area (Å²) in [5.74, 6) is 0. The van der Waals surface area contributed by atoms with Gasteiger partial charge in [-0.05, 0) is 120 Å². The molecule has 0 saturated heterocycles. The van der Waals surface area contributed by atoms with Crippen LogP contribution in [0.25, 0.3) is 60.2 Å². The van der Waals surface area contributed by atoms with Crippen LogP contribution in [-0.4, -0.2) is 4.57 Å². The van der Waals surface area contributed by atoms with Crippen LogP contribution in [-0.2, 0) is 16.2 Å². The molecule has 294 valence electrons. The minimum Gasteiger partial charge on any atom is -0.310 e. The van der Waals surface area contributed by atoms with Crippen molar-refractivity contribution in [3.05, 3.63) is 215 Å². The van der Waals surface area contributed by atoms with E-state index in [0.717, 1.165) is 17.1 Å². The van der Waals surface area contributed by atoms with E-state index in [2.05, 4.69) is 233 Å². The van der Waals surface area contributed by atoms with E-state index in [1.54, 1.807) is 0 Å². The fraction of sp³-hybridized carbons (Fsp3) is 0.153. The Kier molecular flexibility index (Phi) is 7.41. The van der Waals surface area contributed by atoms with Crippen LogP contribution < -0.4 is 4.90 Å². The number of benzene rings is 9. The van der Waals surface area contributed by atoms with Crippen molar-refractivity contribution >= 4 is 60.4 Å². The van der Waals surface area contributed by atoms with Crippen molar-refractivity contribution in [3.63, 3.8) is 0 Å². The third kappa shape index (κ3) is 4.97. The average Bonchev–Trinajstić information content (AvgIpc) is 3.76. The van der Waals surface area contributed by atoms with Gasteiger partial charge in [-0.3, -0.25) is 0 Å². The van der Waals surface area contributed by atoms with Crippen LogP contribution in [0.5, 0.6) is 0 Å². The molecule has 12 rings (SSSR count). The molecule has 1 heterocycles. The number of nitrogens with zero attached hydrogens (tertiary/aromatic N) is 2. The van der Waals surface area contributed by atoms with Crippen molar-refractivity contribution < 1.29 is 0 Å². The molecule has 61 heavy (non-hydrogen) atoms. The van der Waals surface area contributed by atoms with E-state index in [-0.39, 0.29) is 10.8 Å². The molecule has 0 bridgehead atoms. The van der Waals surface area contributed by atoms with Gasteiger partial charge in [0.25, 0.3) is 0 Å². The van der Waals surface area contributed by atoms with Gasteiger partial charge in [0.05, 0.1) is 22.1 Å². The highest BCUT2D eigenvalue weighted by atomic mass is 15.1. The van der Waals surface area contributed by atoms with Gasteiger partial charge < -0.3 is 9.47 Å². The van der Waals surface area contributed by atoms with Gasteiger partial charge in [-0.25, -0.2) is 0 Å². The highest BCUT2D eigenvalue weighted by Crippen LogP contribution is 2.63. The van der Waals surface area contributed by atoms with E-state index in [0.29, 0.717) is 0 Å². The molecule has 0 aliphatic heterocycles. The van der Waals surface area contributed by atoms with E-state index in [1.165, 1.54) is 93.5 Å². The molecule has 2 aliphatic carbocycles. The van der Waals surface area contributed by atoms with E-state index in [1.807, 2.05) is 0 Å². The third-order valence-electron chi connectivity index (χ3n) is 13.8. The predicted octanol–water partition coefficient (Wildman–Crippen LogP) is 15.8. The molecule has 0 radical (unpaired) electrons. The molecule has 0 saturated carbocycles. The highest BCUT2D eigenvalue weighted by Gasteiger charge is 2.51. The van der Waals surface area contributed by atoms with Crippen molar-refractivity contribution in [2.24, 2.45) is 0 Å². The van der Waals surface area contributed by atoms with Crippen LogP contribution in [0.1, 0.15) is 74.9 Å². The number of fused-ring (bicyclic) bond motifs is 8. The van der Waals surface area contributed by atoms with Gasteiger partial charge in [-0.15, -0.1) is 0 Å². The lowest BCUT2D eigenvalue weighted by molar-refractivity contribution is 0.589. The third-order valence-corrected chi connectivity index (χ3v) is 13.8. The van der Waals surface area contributed by atoms with Gasteiger partial charge in [0, 0.05) is 33.2 Å². The van der Waals surface area contributed by atoms with E-state index >= 15 is 0 Å². The zero-order valence-corrected chi connectivity index (χ0v) is 35.7. The SMILES string of the molecule is CC(C)(C)c1ccc2c(c1)-c1cc(C(C)(C)C)ccc1C21c2cccc3ccc4c(c23)c2c1cc(N(c1ccccc1)c1ccccc1)cc2n4-c1cccc2ccccc12. The molecule has 9 aromatic carbocycles. The second-order valence-corrected chi connectivity index (χ2v) is 19.4. The highest BCUT2D eigenvalue weighted by molar-refractivity contribution is 6.27. The topological polar surface area (TPSA) is 8.17 Å². The first-order valence-corrected chi connectivity index (χ1v) is 21.8. The second kappa shape index (κ2) is 12.6. The molecule has 2 heteroatoms. The second-order valence-electron chi connectivity index (χ2n) is 19.4. The minimum absolute atomic E-state index is 0.00729. The maximum Gasteiger partial charge on any atom is 0.0727 e. The minimum atomic E-state index is -0.587. The quantitative estimate of drug-likeness (QED) is 0.173. The summed E-state index contributed by atoms with van der Waals surface area (Å²) in [6, 6.07) is 69.0. The lowest BCUT2D eigenvalue weighted by atomic mass is 9.62. The zero-order chi connectivity index (χ0) is 41.4. The maximum atomic E-state index is 2.57. The molecular weight excluding hydrogens is 737 g/mol. The van der Waals surface area contributed by atoms with Gasteiger partial charge in [0.15, 0.2) is 0 Å². The number of rotatable bonds is 4. The van der Waals surface area contributed by atoms with Crippen LogP contribution in [0.2, 0.25) is 0 Å². The lowest BCUT2D eigenvalue weighted by Gasteiger charge is -2.39. The standard InChI is InChI=1S/C59H48N2/c1-57(2,3)39-28-30-47-45(33-39)46-34-40(58(4,5)6)29-31-48(46)59(47)49-25-15-19-38-27-32-52-56(54(38)49)55-50(59)35-43(60(41-20-9-7-10-21-41)42-22-11-8-12-23-42)36-53(55)61(52)51-26-16-18-37-17-13-14-24-44(37)51/h7-36H,1-6H3. The van der Waals surface area contributed by atoms with Crippen molar-refractivity contribution in [1.82, 2.24) is 4.57 Å². The summed E-state index contributed by atoms with van der Waals surface area (Å²) in [6.07, 6.45) is 0. The molecule has 2 aliphatic rings. The molecule has 10 aromatic rings. The van der Waals surface area contributed by atoms with Crippen LogP contribution in [0.3, 0.4) is 0 Å². The van der Waals surface area contributed by atoms with Gasteiger partial charge >= 0.3 is 0 Å². The van der Waals surface area contributed by atoms with Gasteiger partial charge in [0.1, 0.15) is 0 Å². The summed E-state index contributed by atoms with van der Waals surface area (Å²) in [4.78, 5) is 2.45. The fourth-order valence-electron chi connectivity index (χ4n) is 11.0. The van der Waals surface area contributed by atoms with Crippen LogP contribution in [0.15, 0.2) is 182 Å². The molecule has 1 spiro atoms. The first-order valence-electron chi connectivity index (χ1n) is 21.8. The van der Waals surface area contributed by atoms with Crippen molar-refractivity contribution in [3.8, 4) is 16.8 Å². The van der Waals surface area contributed by atoms with Crippen molar-refractivity contribution in [2.75, 3.05) is 4.90 Å². The van der Waals surface area contributed by atoms with Crippen molar-refractivity contribution in [2.45, 2.75) is 57.8 Å². The lowest BCUT2D eigenvalue weighted by Crippen LogP contribution is -2.31. The first kappa shape index (κ1) is 36.0. The molecule has 0 fully saturated rings. The Hall–Kier alpha value is -6.90.